The third-order valence-electron chi connectivity index (χ3n) is 4.98. The number of alkyl halides is 3. The van der Waals surface area contributed by atoms with Crippen molar-refractivity contribution >= 4 is 51.5 Å². The van der Waals surface area contributed by atoms with E-state index >= 15 is 0 Å². The summed E-state index contributed by atoms with van der Waals surface area (Å²) in [6.07, 6.45) is -1.68. The highest BCUT2D eigenvalue weighted by Gasteiger charge is 2.30. The molecule has 0 aliphatic rings. The van der Waals surface area contributed by atoms with Gasteiger partial charge in [-0.1, -0.05) is 46.9 Å². The topological polar surface area (TPSA) is 47.6 Å². The first-order chi connectivity index (χ1) is 16.7. The molecule has 10 heteroatoms. The van der Waals surface area contributed by atoms with Crippen molar-refractivity contribution in [1.82, 2.24) is 5.32 Å². The Morgan fingerprint density at radius 1 is 0.943 bits per heavy atom. The zero-order valence-electron chi connectivity index (χ0n) is 18.3. The predicted octanol–water partition coefficient (Wildman–Crippen LogP) is 7.80. The number of halogens is 6. The lowest BCUT2D eigenvalue weighted by Crippen LogP contribution is -2.24. The maximum absolute atomic E-state index is 12.6. The van der Waals surface area contributed by atoms with Gasteiger partial charge >= 0.3 is 6.18 Å². The maximum Gasteiger partial charge on any atom is 0.416 e. The van der Waals surface area contributed by atoms with E-state index in [1.807, 2.05) is 24.3 Å². The second kappa shape index (κ2) is 12.4. The molecular weight excluding hydrogens is 526 g/mol. The average Bonchev–Trinajstić information content (AvgIpc) is 2.81. The standard InChI is InChI=1S/C25H21Cl3F3NO3/c26-20-11-10-18-19(4-3-5-21(18)34-15-12-22(27)28)23(20)35-14-2-1-13-32-24(33)16-6-8-17(9-7-16)25(29,30)31/h3-12H,1-2,13-15H2,(H,32,33). The second-order valence-electron chi connectivity index (χ2n) is 7.42. The molecule has 3 aromatic carbocycles. The molecule has 3 rings (SSSR count). The number of hydrogen-bond acceptors (Lipinski definition) is 3. The molecule has 0 saturated heterocycles. The normalized spacial score (nSPS) is 11.3. The van der Waals surface area contributed by atoms with Gasteiger partial charge in [0.1, 0.15) is 22.6 Å². The third-order valence-corrected chi connectivity index (χ3v) is 5.58. The molecule has 4 nitrogen and oxygen atoms in total. The lowest BCUT2D eigenvalue weighted by atomic mass is 10.1. The van der Waals surface area contributed by atoms with E-state index < -0.39 is 17.6 Å². The molecule has 35 heavy (non-hydrogen) atoms. The first-order valence-corrected chi connectivity index (χ1v) is 11.7. The molecule has 1 N–H and O–H groups in total. The second-order valence-corrected chi connectivity index (χ2v) is 8.83. The molecule has 0 atom stereocenters. The molecular formula is C25H21Cl3F3NO3. The van der Waals surface area contributed by atoms with E-state index in [2.05, 4.69) is 5.32 Å². The molecule has 0 aliphatic heterocycles. The number of benzene rings is 3. The van der Waals surface area contributed by atoms with Crippen LogP contribution in [0.25, 0.3) is 10.8 Å². The molecule has 1 amide bonds. The fourth-order valence-electron chi connectivity index (χ4n) is 3.26. The minimum Gasteiger partial charge on any atom is -0.491 e. The lowest BCUT2D eigenvalue weighted by molar-refractivity contribution is -0.137. The van der Waals surface area contributed by atoms with Crippen LogP contribution < -0.4 is 14.8 Å². The summed E-state index contributed by atoms with van der Waals surface area (Å²) in [5.74, 6) is 0.713. The molecule has 0 spiro atoms. The van der Waals surface area contributed by atoms with Gasteiger partial charge in [-0.05, 0) is 61.4 Å². The lowest BCUT2D eigenvalue weighted by Gasteiger charge is -2.14. The van der Waals surface area contributed by atoms with Crippen molar-refractivity contribution in [1.29, 1.82) is 0 Å². The van der Waals surface area contributed by atoms with Crippen molar-refractivity contribution < 1.29 is 27.4 Å². The minimum absolute atomic E-state index is 0.118. The highest BCUT2D eigenvalue weighted by Crippen LogP contribution is 2.37. The molecule has 0 fully saturated rings. The average molecular weight is 547 g/mol. The van der Waals surface area contributed by atoms with E-state index in [1.54, 1.807) is 6.07 Å². The molecule has 0 aromatic heterocycles. The number of amides is 1. The molecule has 0 bridgehead atoms. The summed E-state index contributed by atoms with van der Waals surface area (Å²) in [5, 5.41) is 4.74. The van der Waals surface area contributed by atoms with Gasteiger partial charge < -0.3 is 14.8 Å². The first kappa shape index (κ1) is 27.0. The van der Waals surface area contributed by atoms with E-state index in [-0.39, 0.29) is 16.7 Å². The maximum atomic E-state index is 12.6. The van der Waals surface area contributed by atoms with Crippen LogP contribution in [0.15, 0.2) is 65.2 Å². The van der Waals surface area contributed by atoms with Crippen LogP contribution in [-0.2, 0) is 6.18 Å². The summed E-state index contributed by atoms with van der Waals surface area (Å²) in [5.41, 5.74) is -0.632. The summed E-state index contributed by atoms with van der Waals surface area (Å²) in [6.45, 7) is 0.907. The molecule has 186 valence electrons. The Morgan fingerprint density at radius 2 is 1.69 bits per heavy atom. The van der Waals surface area contributed by atoms with E-state index in [9.17, 15) is 18.0 Å². The van der Waals surface area contributed by atoms with E-state index in [0.717, 1.165) is 35.0 Å². The number of unbranched alkanes of at least 4 members (excludes halogenated alkanes) is 1. The van der Waals surface area contributed by atoms with Gasteiger partial charge in [-0.3, -0.25) is 4.79 Å². The minimum atomic E-state index is -4.44. The van der Waals surface area contributed by atoms with E-state index in [1.165, 1.54) is 6.08 Å². The summed E-state index contributed by atoms with van der Waals surface area (Å²) in [4.78, 5) is 12.1. The summed E-state index contributed by atoms with van der Waals surface area (Å²) >= 11 is 17.6. The van der Waals surface area contributed by atoms with Crippen LogP contribution in [0, 0.1) is 0 Å². The Balaban J connectivity index is 1.51. The number of rotatable bonds is 10. The molecule has 0 heterocycles. The summed E-state index contributed by atoms with van der Waals surface area (Å²) in [6, 6.07) is 13.2. The van der Waals surface area contributed by atoms with E-state index in [4.69, 9.17) is 44.3 Å². The number of fused-ring (bicyclic) bond motifs is 1. The quantitative estimate of drug-likeness (QED) is 0.264. The zero-order valence-corrected chi connectivity index (χ0v) is 20.6. The van der Waals surface area contributed by atoms with Crippen LogP contribution in [-0.4, -0.2) is 25.7 Å². The predicted molar refractivity (Wildman–Crippen MR) is 133 cm³/mol. The fourth-order valence-corrected chi connectivity index (χ4v) is 3.60. The number of carbonyl (C=O) groups excluding carboxylic acids is 1. The number of hydrogen-bond donors (Lipinski definition) is 1. The first-order valence-electron chi connectivity index (χ1n) is 10.6. The highest BCUT2D eigenvalue weighted by atomic mass is 35.5. The number of carbonyl (C=O) groups is 1. The van der Waals surface area contributed by atoms with Gasteiger partial charge in [0.05, 0.1) is 17.2 Å². The SMILES string of the molecule is O=C(NCCCCOc1c(Cl)ccc2c(OCC=C(Cl)Cl)cccc12)c1ccc(C(F)(F)F)cc1. The van der Waals surface area contributed by atoms with Gasteiger partial charge in [0, 0.05) is 22.9 Å². The van der Waals surface area contributed by atoms with Crippen molar-refractivity contribution in [3.63, 3.8) is 0 Å². The van der Waals surface area contributed by atoms with Crippen molar-refractivity contribution in [2.24, 2.45) is 0 Å². The van der Waals surface area contributed by atoms with E-state index in [0.29, 0.717) is 42.5 Å². The van der Waals surface area contributed by atoms with Gasteiger partial charge in [-0.2, -0.15) is 13.2 Å². The smallest absolute Gasteiger partial charge is 0.416 e. The molecule has 0 unspecified atom stereocenters. The van der Waals surface area contributed by atoms with Crippen molar-refractivity contribution in [3.8, 4) is 11.5 Å². The molecule has 0 radical (unpaired) electrons. The summed E-state index contributed by atoms with van der Waals surface area (Å²) in [7, 11) is 0. The Hall–Kier alpha value is -2.61. The zero-order chi connectivity index (χ0) is 25.4. The third kappa shape index (κ3) is 7.69. The van der Waals surface area contributed by atoms with Crippen LogP contribution in [0.4, 0.5) is 13.2 Å². The van der Waals surface area contributed by atoms with Crippen molar-refractivity contribution in [2.45, 2.75) is 19.0 Å². The monoisotopic (exact) mass is 545 g/mol. The van der Waals surface area contributed by atoms with Crippen LogP contribution >= 0.6 is 34.8 Å². The molecule has 3 aromatic rings. The van der Waals surface area contributed by atoms with Gasteiger partial charge in [-0.15, -0.1) is 0 Å². The Labute approximate surface area is 215 Å². The molecule has 0 saturated carbocycles. The Bertz CT molecular complexity index is 1190. The van der Waals surface area contributed by atoms with Gasteiger partial charge in [-0.25, -0.2) is 0 Å². The van der Waals surface area contributed by atoms with Crippen LogP contribution in [0.2, 0.25) is 5.02 Å². The Kier molecular flexibility index (Phi) is 9.55. The van der Waals surface area contributed by atoms with Gasteiger partial charge in [0.25, 0.3) is 5.91 Å². The van der Waals surface area contributed by atoms with Gasteiger partial charge in [0.15, 0.2) is 0 Å². The van der Waals surface area contributed by atoms with Crippen LogP contribution in [0.3, 0.4) is 0 Å². The van der Waals surface area contributed by atoms with Crippen molar-refractivity contribution in [2.75, 3.05) is 19.8 Å². The molecule has 0 aliphatic carbocycles. The fraction of sp³-hybridized carbons (Fsp3) is 0.240. The van der Waals surface area contributed by atoms with Gasteiger partial charge in [0.2, 0.25) is 0 Å². The van der Waals surface area contributed by atoms with Crippen molar-refractivity contribution in [3.05, 3.63) is 81.3 Å². The summed E-state index contributed by atoms with van der Waals surface area (Å²) < 4.78 is 49.7. The van der Waals surface area contributed by atoms with Crippen LogP contribution in [0.1, 0.15) is 28.8 Å². The largest absolute Gasteiger partial charge is 0.491 e. The number of nitrogens with one attached hydrogen (secondary N) is 1. The highest BCUT2D eigenvalue weighted by molar-refractivity contribution is 6.55. The number of ether oxygens (including phenoxy) is 2. The van der Waals surface area contributed by atoms with Crippen LogP contribution in [0.5, 0.6) is 11.5 Å². The Morgan fingerprint density at radius 3 is 2.37 bits per heavy atom.